The highest BCUT2D eigenvalue weighted by Crippen LogP contribution is 2.24. The molecule has 0 aliphatic heterocycles. The monoisotopic (exact) mass is 271 g/mol. The van der Waals surface area contributed by atoms with Crippen LogP contribution in [0.2, 0.25) is 0 Å². The average Bonchev–Trinajstić information content (AvgIpc) is 2.41. The van der Waals surface area contributed by atoms with Crippen LogP contribution in [0.3, 0.4) is 0 Å². The number of hydrogen-bond acceptors (Lipinski definition) is 2. The Morgan fingerprint density at radius 2 is 1.90 bits per heavy atom. The standard InChI is InChI=1S/C16H11F2NO/c1-10-4-2-3-5-12(10)14(9-19)16(20)13-7-6-11(17)8-15(13)18/h2-8,14H,1H3. The summed E-state index contributed by atoms with van der Waals surface area (Å²) in [6, 6.07) is 11.5. The van der Waals surface area contributed by atoms with Gasteiger partial charge in [-0.1, -0.05) is 24.3 Å². The first kappa shape index (κ1) is 13.9. The molecule has 2 aromatic rings. The van der Waals surface area contributed by atoms with Crippen LogP contribution in [-0.4, -0.2) is 5.78 Å². The van der Waals surface area contributed by atoms with Gasteiger partial charge in [-0.2, -0.15) is 5.26 Å². The maximum Gasteiger partial charge on any atom is 0.187 e. The number of carbonyl (C=O) groups is 1. The van der Waals surface area contributed by atoms with Crippen molar-refractivity contribution in [3.63, 3.8) is 0 Å². The molecule has 2 aromatic carbocycles. The molecule has 0 N–H and O–H groups in total. The van der Waals surface area contributed by atoms with E-state index in [0.29, 0.717) is 11.6 Å². The van der Waals surface area contributed by atoms with Crippen molar-refractivity contribution in [2.24, 2.45) is 0 Å². The SMILES string of the molecule is Cc1ccccc1C(C#N)C(=O)c1ccc(F)cc1F. The van der Waals surface area contributed by atoms with Gasteiger partial charge in [-0.15, -0.1) is 0 Å². The van der Waals surface area contributed by atoms with Crippen molar-refractivity contribution >= 4 is 5.78 Å². The number of halogens is 2. The molecule has 0 spiro atoms. The van der Waals surface area contributed by atoms with Gasteiger partial charge in [0.05, 0.1) is 11.6 Å². The number of rotatable bonds is 3. The zero-order valence-corrected chi connectivity index (χ0v) is 10.7. The Kier molecular flexibility index (Phi) is 3.90. The molecule has 0 saturated heterocycles. The van der Waals surface area contributed by atoms with Crippen molar-refractivity contribution in [3.8, 4) is 6.07 Å². The third kappa shape index (κ3) is 2.57. The van der Waals surface area contributed by atoms with Gasteiger partial charge < -0.3 is 0 Å². The van der Waals surface area contributed by atoms with E-state index in [4.69, 9.17) is 0 Å². The number of ketones is 1. The molecule has 0 heterocycles. The van der Waals surface area contributed by atoms with E-state index in [9.17, 15) is 18.8 Å². The van der Waals surface area contributed by atoms with E-state index in [-0.39, 0.29) is 5.56 Å². The lowest BCUT2D eigenvalue weighted by molar-refractivity contribution is 0.0974. The molecule has 0 fully saturated rings. The summed E-state index contributed by atoms with van der Waals surface area (Å²) in [5.74, 6) is -3.48. The smallest absolute Gasteiger partial charge is 0.187 e. The minimum absolute atomic E-state index is 0.277. The molecule has 0 aromatic heterocycles. The summed E-state index contributed by atoms with van der Waals surface area (Å²) in [4.78, 5) is 12.3. The molecule has 0 amide bonds. The Balaban J connectivity index is 2.45. The fraction of sp³-hybridized carbons (Fsp3) is 0.125. The molecule has 2 rings (SSSR count). The Morgan fingerprint density at radius 1 is 1.20 bits per heavy atom. The van der Waals surface area contributed by atoms with Gasteiger partial charge >= 0.3 is 0 Å². The van der Waals surface area contributed by atoms with E-state index in [1.807, 2.05) is 6.07 Å². The van der Waals surface area contributed by atoms with Gasteiger partial charge in [-0.05, 0) is 30.2 Å². The first-order chi connectivity index (χ1) is 9.54. The van der Waals surface area contributed by atoms with Crippen molar-refractivity contribution < 1.29 is 13.6 Å². The Hall–Kier alpha value is -2.54. The molecule has 2 nitrogen and oxygen atoms in total. The predicted molar refractivity (Wildman–Crippen MR) is 70.2 cm³/mol. The summed E-state index contributed by atoms with van der Waals surface area (Å²) in [5.41, 5.74) is 1.03. The maximum absolute atomic E-state index is 13.6. The maximum atomic E-state index is 13.6. The number of aryl methyl sites for hydroxylation is 1. The van der Waals surface area contributed by atoms with Crippen molar-refractivity contribution in [2.45, 2.75) is 12.8 Å². The van der Waals surface area contributed by atoms with Crippen LogP contribution in [-0.2, 0) is 0 Å². The van der Waals surface area contributed by atoms with Crippen LogP contribution in [0.25, 0.3) is 0 Å². The number of benzene rings is 2. The van der Waals surface area contributed by atoms with Gasteiger partial charge in [0.2, 0.25) is 0 Å². The fourth-order valence-corrected chi connectivity index (χ4v) is 2.02. The van der Waals surface area contributed by atoms with E-state index in [1.54, 1.807) is 31.2 Å². The molecule has 4 heteroatoms. The molecule has 0 aliphatic carbocycles. The zero-order valence-electron chi connectivity index (χ0n) is 10.7. The van der Waals surface area contributed by atoms with Crippen LogP contribution in [0.1, 0.15) is 27.4 Å². The highest BCUT2D eigenvalue weighted by molar-refractivity contribution is 6.03. The summed E-state index contributed by atoms with van der Waals surface area (Å²) < 4.78 is 26.5. The van der Waals surface area contributed by atoms with E-state index >= 15 is 0 Å². The lowest BCUT2D eigenvalue weighted by atomic mass is 9.89. The molecule has 0 aliphatic rings. The molecule has 0 radical (unpaired) electrons. The van der Waals surface area contributed by atoms with E-state index in [0.717, 1.165) is 17.7 Å². The van der Waals surface area contributed by atoms with Crippen molar-refractivity contribution in [1.82, 2.24) is 0 Å². The van der Waals surface area contributed by atoms with Gasteiger partial charge in [0, 0.05) is 6.07 Å². The highest BCUT2D eigenvalue weighted by atomic mass is 19.1. The summed E-state index contributed by atoms with van der Waals surface area (Å²) >= 11 is 0. The van der Waals surface area contributed by atoms with Gasteiger partial charge in [-0.3, -0.25) is 4.79 Å². The second-order valence-corrected chi connectivity index (χ2v) is 4.41. The molecular formula is C16H11F2NO. The number of Topliss-reactive ketones (excluding diaryl/α,β-unsaturated/α-hetero) is 1. The van der Waals surface area contributed by atoms with Crippen LogP contribution in [0.4, 0.5) is 8.78 Å². The number of nitriles is 1. The summed E-state index contributed by atoms with van der Waals surface area (Å²) in [6.45, 7) is 1.77. The minimum Gasteiger partial charge on any atom is -0.292 e. The first-order valence-electron chi connectivity index (χ1n) is 5.99. The Bertz CT molecular complexity index is 704. The van der Waals surface area contributed by atoms with Crippen LogP contribution >= 0.6 is 0 Å². The summed E-state index contributed by atoms with van der Waals surface area (Å²) in [6.07, 6.45) is 0. The Morgan fingerprint density at radius 3 is 2.50 bits per heavy atom. The van der Waals surface area contributed by atoms with Crippen LogP contribution in [0.15, 0.2) is 42.5 Å². The molecule has 1 unspecified atom stereocenters. The third-order valence-electron chi connectivity index (χ3n) is 3.09. The second-order valence-electron chi connectivity index (χ2n) is 4.41. The van der Waals surface area contributed by atoms with Crippen LogP contribution < -0.4 is 0 Å². The van der Waals surface area contributed by atoms with Gasteiger partial charge in [0.25, 0.3) is 0 Å². The lowest BCUT2D eigenvalue weighted by Crippen LogP contribution is -2.14. The van der Waals surface area contributed by atoms with E-state index in [2.05, 4.69) is 0 Å². The average molecular weight is 271 g/mol. The van der Waals surface area contributed by atoms with Crippen LogP contribution in [0.5, 0.6) is 0 Å². The largest absolute Gasteiger partial charge is 0.292 e. The van der Waals surface area contributed by atoms with Crippen LogP contribution in [0, 0.1) is 29.9 Å². The number of hydrogen-bond donors (Lipinski definition) is 0. The highest BCUT2D eigenvalue weighted by Gasteiger charge is 2.25. The fourth-order valence-electron chi connectivity index (χ4n) is 2.02. The number of nitrogens with zero attached hydrogens (tertiary/aromatic N) is 1. The van der Waals surface area contributed by atoms with Crippen molar-refractivity contribution in [3.05, 3.63) is 70.8 Å². The molecular weight excluding hydrogens is 260 g/mol. The second kappa shape index (κ2) is 5.62. The van der Waals surface area contributed by atoms with E-state index in [1.165, 1.54) is 0 Å². The topological polar surface area (TPSA) is 40.9 Å². The van der Waals surface area contributed by atoms with Gasteiger partial charge in [0.15, 0.2) is 5.78 Å². The number of carbonyl (C=O) groups excluding carboxylic acids is 1. The molecule has 1 atom stereocenters. The molecule has 0 bridgehead atoms. The quantitative estimate of drug-likeness (QED) is 0.797. The first-order valence-corrected chi connectivity index (χ1v) is 5.99. The minimum atomic E-state index is -1.10. The normalized spacial score (nSPS) is 11.7. The third-order valence-corrected chi connectivity index (χ3v) is 3.09. The molecule has 100 valence electrons. The van der Waals surface area contributed by atoms with E-state index < -0.39 is 23.3 Å². The van der Waals surface area contributed by atoms with Crippen molar-refractivity contribution in [2.75, 3.05) is 0 Å². The van der Waals surface area contributed by atoms with Gasteiger partial charge in [0.1, 0.15) is 17.6 Å². The Labute approximate surface area is 115 Å². The van der Waals surface area contributed by atoms with Crippen molar-refractivity contribution in [1.29, 1.82) is 5.26 Å². The predicted octanol–water partition coefficient (Wildman–Crippen LogP) is 3.76. The molecule has 0 saturated carbocycles. The summed E-state index contributed by atoms with van der Waals surface area (Å²) in [5, 5.41) is 9.21. The summed E-state index contributed by atoms with van der Waals surface area (Å²) in [7, 11) is 0. The van der Waals surface area contributed by atoms with Gasteiger partial charge in [-0.25, -0.2) is 8.78 Å². The lowest BCUT2D eigenvalue weighted by Gasteiger charge is -2.12. The zero-order chi connectivity index (χ0) is 14.7. The molecule has 20 heavy (non-hydrogen) atoms.